The summed E-state index contributed by atoms with van der Waals surface area (Å²) in [4.78, 5) is 11.4. The number of nitrogens with zero attached hydrogens (tertiary/aromatic N) is 4. The number of aliphatic imine (C=N–C) groups is 1. The molecule has 1 aromatic carbocycles. The van der Waals surface area contributed by atoms with Crippen molar-refractivity contribution in [2.45, 2.75) is 24.9 Å². The van der Waals surface area contributed by atoms with Crippen molar-refractivity contribution >= 4 is 11.6 Å². The molecule has 2 aliphatic heterocycles. The minimum Gasteiger partial charge on any atom is -0.371 e. The van der Waals surface area contributed by atoms with Crippen molar-refractivity contribution in [3.63, 3.8) is 0 Å². The number of guanidine groups is 1. The van der Waals surface area contributed by atoms with Gasteiger partial charge < -0.3 is 20.4 Å². The van der Waals surface area contributed by atoms with Gasteiger partial charge >= 0.3 is 0 Å². The Hall–Kier alpha value is -1.86. The van der Waals surface area contributed by atoms with Gasteiger partial charge in [0, 0.05) is 64.1 Å². The molecule has 2 N–H and O–H groups in total. The Bertz CT molecular complexity index is 629. The molecule has 27 heavy (non-hydrogen) atoms. The lowest BCUT2D eigenvalue weighted by molar-refractivity contribution is 0.116. The van der Waals surface area contributed by atoms with Gasteiger partial charge in [0.15, 0.2) is 5.96 Å². The van der Waals surface area contributed by atoms with Crippen LogP contribution in [-0.2, 0) is 0 Å². The third-order valence-corrected chi connectivity index (χ3v) is 5.72. The van der Waals surface area contributed by atoms with E-state index in [9.17, 15) is 4.39 Å². The highest BCUT2D eigenvalue weighted by Crippen LogP contribution is 2.20. The fraction of sp³-hybridized carbons (Fsp3) is 0.650. The van der Waals surface area contributed by atoms with Crippen molar-refractivity contribution in [1.29, 1.82) is 0 Å². The van der Waals surface area contributed by atoms with Crippen LogP contribution in [0.15, 0.2) is 29.3 Å². The predicted molar refractivity (Wildman–Crippen MR) is 110 cm³/mol. The van der Waals surface area contributed by atoms with E-state index >= 15 is 0 Å². The van der Waals surface area contributed by atoms with Crippen molar-refractivity contribution in [2.24, 2.45) is 4.99 Å². The molecule has 1 aromatic rings. The summed E-state index contributed by atoms with van der Waals surface area (Å²) in [5, 5.41) is 7.06. The van der Waals surface area contributed by atoms with E-state index in [-0.39, 0.29) is 5.82 Å². The van der Waals surface area contributed by atoms with E-state index in [1.165, 1.54) is 6.07 Å². The lowest BCUT2D eigenvalue weighted by Gasteiger charge is -2.38. The summed E-state index contributed by atoms with van der Waals surface area (Å²) in [6.07, 6.45) is 2.03. The predicted octanol–water partition coefficient (Wildman–Crippen LogP) is 1.21. The lowest BCUT2D eigenvalue weighted by atomic mass is 10.0. The van der Waals surface area contributed by atoms with Crippen molar-refractivity contribution < 1.29 is 4.39 Å². The molecule has 150 valence electrons. The van der Waals surface area contributed by atoms with Crippen molar-refractivity contribution in [3.05, 3.63) is 30.1 Å². The molecule has 6 nitrogen and oxygen atoms in total. The minimum absolute atomic E-state index is 0.171. The first-order valence-corrected chi connectivity index (χ1v) is 9.91. The van der Waals surface area contributed by atoms with Crippen LogP contribution in [-0.4, -0.2) is 88.3 Å². The number of rotatable bonds is 4. The molecule has 7 heteroatoms. The van der Waals surface area contributed by atoms with Crippen LogP contribution >= 0.6 is 0 Å². The molecule has 0 aliphatic carbocycles. The largest absolute Gasteiger partial charge is 0.371 e. The number of piperazine rings is 1. The standard InChI is InChI=1S/C20H33FN6/c1-22-20(23-14-19-15-25(2)11-12-26(19)3)24-17-7-9-27(10-8-17)18-6-4-5-16(21)13-18/h4-6,13,17,19H,7-12,14-15H2,1-3H3,(H2,22,23,24). The SMILES string of the molecule is CN=C(NCC1CN(C)CCN1C)NC1CCN(c2cccc(F)c2)CC1. The van der Waals surface area contributed by atoms with Gasteiger partial charge in [0.2, 0.25) is 0 Å². The van der Waals surface area contributed by atoms with E-state index in [4.69, 9.17) is 0 Å². The first-order valence-electron chi connectivity index (χ1n) is 9.91. The maximum atomic E-state index is 13.4. The van der Waals surface area contributed by atoms with Gasteiger partial charge in [0.05, 0.1) is 0 Å². The summed E-state index contributed by atoms with van der Waals surface area (Å²) in [7, 11) is 6.20. The second-order valence-electron chi connectivity index (χ2n) is 7.74. The summed E-state index contributed by atoms with van der Waals surface area (Å²) in [5.74, 6) is 0.705. The molecule has 0 spiro atoms. The van der Waals surface area contributed by atoms with E-state index in [0.29, 0.717) is 12.1 Å². The third-order valence-electron chi connectivity index (χ3n) is 5.72. The number of anilines is 1. The van der Waals surface area contributed by atoms with E-state index in [2.05, 4.69) is 44.4 Å². The van der Waals surface area contributed by atoms with Crippen LogP contribution in [0.5, 0.6) is 0 Å². The Morgan fingerprint density at radius 1 is 1.19 bits per heavy atom. The maximum absolute atomic E-state index is 13.4. The van der Waals surface area contributed by atoms with Crippen LogP contribution in [0.2, 0.25) is 0 Å². The Labute approximate surface area is 162 Å². The first-order chi connectivity index (χ1) is 13.0. The van der Waals surface area contributed by atoms with Gasteiger partial charge in [-0.2, -0.15) is 0 Å². The van der Waals surface area contributed by atoms with Gasteiger partial charge in [0.25, 0.3) is 0 Å². The topological polar surface area (TPSA) is 46.1 Å². The minimum atomic E-state index is -0.171. The number of benzene rings is 1. The molecule has 0 bridgehead atoms. The van der Waals surface area contributed by atoms with Crippen LogP contribution in [0.3, 0.4) is 0 Å². The van der Waals surface area contributed by atoms with Gasteiger partial charge in [-0.3, -0.25) is 9.89 Å². The molecule has 0 amide bonds. The van der Waals surface area contributed by atoms with Crippen LogP contribution < -0.4 is 15.5 Å². The molecule has 2 heterocycles. The molecule has 0 saturated carbocycles. The summed E-state index contributed by atoms with van der Waals surface area (Å²) >= 11 is 0. The molecule has 2 aliphatic rings. The Morgan fingerprint density at radius 3 is 2.67 bits per heavy atom. The summed E-state index contributed by atoms with van der Waals surface area (Å²) < 4.78 is 13.4. The number of halogens is 1. The highest BCUT2D eigenvalue weighted by Gasteiger charge is 2.23. The molecular weight excluding hydrogens is 343 g/mol. The quantitative estimate of drug-likeness (QED) is 0.611. The Balaban J connectivity index is 1.44. The van der Waals surface area contributed by atoms with Gasteiger partial charge in [-0.15, -0.1) is 0 Å². The summed E-state index contributed by atoms with van der Waals surface area (Å²) in [6.45, 7) is 6.05. The van der Waals surface area contributed by atoms with E-state index < -0.39 is 0 Å². The van der Waals surface area contributed by atoms with Crippen molar-refractivity contribution in [1.82, 2.24) is 20.4 Å². The molecule has 3 rings (SSSR count). The normalized spacial score (nSPS) is 23.5. The number of hydrogen-bond acceptors (Lipinski definition) is 4. The second kappa shape index (κ2) is 9.37. The van der Waals surface area contributed by atoms with Crippen molar-refractivity contribution in [3.8, 4) is 0 Å². The zero-order valence-electron chi connectivity index (χ0n) is 16.8. The number of nitrogens with one attached hydrogen (secondary N) is 2. The van der Waals surface area contributed by atoms with Crippen molar-refractivity contribution in [2.75, 3.05) is 65.3 Å². The molecule has 2 fully saturated rings. The van der Waals surface area contributed by atoms with E-state index in [1.807, 2.05) is 13.1 Å². The second-order valence-corrected chi connectivity index (χ2v) is 7.74. The summed E-state index contributed by atoms with van der Waals surface area (Å²) in [5.41, 5.74) is 0.973. The molecule has 1 unspecified atom stereocenters. The van der Waals surface area contributed by atoms with Crippen LogP contribution in [0.4, 0.5) is 10.1 Å². The molecule has 0 aromatic heterocycles. The van der Waals surface area contributed by atoms with Crippen LogP contribution in [0, 0.1) is 5.82 Å². The lowest BCUT2D eigenvalue weighted by Crippen LogP contribution is -2.56. The number of piperidine rings is 1. The fourth-order valence-corrected chi connectivity index (χ4v) is 3.88. The monoisotopic (exact) mass is 376 g/mol. The van der Waals surface area contributed by atoms with Gasteiger partial charge in [-0.25, -0.2) is 4.39 Å². The van der Waals surface area contributed by atoms with E-state index in [1.54, 1.807) is 12.1 Å². The molecule has 1 atom stereocenters. The van der Waals surface area contributed by atoms with Gasteiger partial charge in [-0.1, -0.05) is 6.07 Å². The maximum Gasteiger partial charge on any atom is 0.191 e. The molecule has 0 radical (unpaired) electrons. The highest BCUT2D eigenvalue weighted by atomic mass is 19.1. The molecular formula is C20H33FN6. The highest BCUT2D eigenvalue weighted by molar-refractivity contribution is 5.80. The zero-order valence-corrected chi connectivity index (χ0v) is 16.8. The summed E-state index contributed by atoms with van der Waals surface area (Å²) in [6, 6.07) is 7.76. The average molecular weight is 377 g/mol. The zero-order chi connectivity index (χ0) is 19.2. The van der Waals surface area contributed by atoms with Crippen LogP contribution in [0.1, 0.15) is 12.8 Å². The first kappa shape index (κ1) is 19.9. The number of hydrogen-bond donors (Lipinski definition) is 2. The Morgan fingerprint density at radius 2 is 1.96 bits per heavy atom. The van der Waals surface area contributed by atoms with Gasteiger partial charge in [-0.05, 0) is 45.1 Å². The van der Waals surface area contributed by atoms with Crippen LogP contribution in [0.25, 0.3) is 0 Å². The fourth-order valence-electron chi connectivity index (χ4n) is 3.88. The van der Waals surface area contributed by atoms with Gasteiger partial charge in [0.1, 0.15) is 5.82 Å². The third kappa shape index (κ3) is 5.56. The number of likely N-dealkylation sites (N-methyl/N-ethyl adjacent to an activating group) is 2. The Kier molecular flexibility index (Phi) is 6.90. The van der Waals surface area contributed by atoms with E-state index in [0.717, 1.165) is 63.8 Å². The molecule has 2 saturated heterocycles. The smallest absolute Gasteiger partial charge is 0.191 e. The average Bonchev–Trinajstić information content (AvgIpc) is 2.68.